The van der Waals surface area contributed by atoms with E-state index >= 15 is 0 Å². The quantitative estimate of drug-likeness (QED) is 0.734. The maximum atomic E-state index is 11.9. The van der Waals surface area contributed by atoms with Gasteiger partial charge in [-0.2, -0.15) is 0 Å². The van der Waals surface area contributed by atoms with Gasteiger partial charge in [0.25, 0.3) is 0 Å². The number of hydrogen-bond donors (Lipinski definition) is 1. The van der Waals surface area contributed by atoms with Gasteiger partial charge in [0.05, 0.1) is 4.32 Å². The first-order valence-corrected chi connectivity index (χ1v) is 9.49. The molecule has 1 fully saturated rings. The van der Waals surface area contributed by atoms with Crippen molar-refractivity contribution in [1.82, 2.24) is 4.90 Å². The number of likely N-dealkylation sites (tertiary alicyclic amines) is 1. The van der Waals surface area contributed by atoms with Gasteiger partial charge >= 0.3 is 0 Å². The molecule has 0 aliphatic carbocycles. The Morgan fingerprint density at radius 1 is 1.25 bits per heavy atom. The first-order valence-electron chi connectivity index (χ1n) is 8.69. The van der Waals surface area contributed by atoms with Crippen LogP contribution in [-0.4, -0.2) is 41.4 Å². The van der Waals surface area contributed by atoms with E-state index in [9.17, 15) is 4.79 Å². The molecule has 2 atom stereocenters. The molecule has 24 heavy (non-hydrogen) atoms. The SMILES string of the molecule is C[C@@H]1C[C@H](C)CN(CCOc2ccc(NC(=O)C(C)(C)Br)cc2)C1. The second-order valence-corrected chi connectivity index (χ2v) is 9.49. The van der Waals surface area contributed by atoms with Gasteiger partial charge in [-0.3, -0.25) is 9.69 Å². The number of halogens is 1. The van der Waals surface area contributed by atoms with Gasteiger partial charge in [-0.1, -0.05) is 29.8 Å². The molecule has 1 amide bonds. The number of piperidine rings is 1. The molecule has 134 valence electrons. The van der Waals surface area contributed by atoms with Crippen molar-refractivity contribution in [1.29, 1.82) is 0 Å². The third-order valence-corrected chi connectivity index (χ3v) is 4.63. The summed E-state index contributed by atoms with van der Waals surface area (Å²) in [6, 6.07) is 7.55. The minimum absolute atomic E-state index is 0.0653. The lowest BCUT2D eigenvalue weighted by atomic mass is 9.92. The van der Waals surface area contributed by atoms with E-state index in [0.29, 0.717) is 6.61 Å². The van der Waals surface area contributed by atoms with E-state index in [2.05, 4.69) is 40.0 Å². The number of amides is 1. The largest absolute Gasteiger partial charge is 0.492 e. The summed E-state index contributed by atoms with van der Waals surface area (Å²) in [7, 11) is 0. The van der Waals surface area contributed by atoms with Crippen LogP contribution in [0.2, 0.25) is 0 Å². The fourth-order valence-corrected chi connectivity index (χ4v) is 3.28. The summed E-state index contributed by atoms with van der Waals surface area (Å²) >= 11 is 3.35. The van der Waals surface area contributed by atoms with Crippen LogP contribution < -0.4 is 10.1 Å². The minimum atomic E-state index is -0.578. The standard InChI is InChI=1S/C19H29BrN2O2/c1-14-11-15(2)13-22(12-14)9-10-24-17-7-5-16(6-8-17)21-18(23)19(3,4)20/h5-8,14-15H,9-13H2,1-4H3,(H,21,23)/t14-,15+. The van der Waals surface area contributed by atoms with E-state index in [-0.39, 0.29) is 5.91 Å². The Kier molecular flexibility index (Phi) is 6.70. The number of carbonyl (C=O) groups is 1. The molecule has 1 heterocycles. The molecule has 2 rings (SSSR count). The van der Waals surface area contributed by atoms with Crippen molar-refractivity contribution in [2.24, 2.45) is 11.8 Å². The summed E-state index contributed by atoms with van der Waals surface area (Å²) in [5.41, 5.74) is 0.776. The Balaban J connectivity index is 1.77. The topological polar surface area (TPSA) is 41.6 Å². The van der Waals surface area contributed by atoms with Gasteiger partial charge in [-0.05, 0) is 56.4 Å². The van der Waals surface area contributed by atoms with Crippen LogP contribution in [0.15, 0.2) is 24.3 Å². The molecular formula is C19H29BrN2O2. The average molecular weight is 397 g/mol. The molecule has 4 nitrogen and oxygen atoms in total. The zero-order chi connectivity index (χ0) is 17.7. The molecule has 1 aliphatic heterocycles. The number of alkyl halides is 1. The van der Waals surface area contributed by atoms with Crippen LogP contribution in [-0.2, 0) is 4.79 Å². The van der Waals surface area contributed by atoms with Gasteiger partial charge in [0.1, 0.15) is 12.4 Å². The summed E-state index contributed by atoms with van der Waals surface area (Å²) in [6.07, 6.45) is 1.33. The summed E-state index contributed by atoms with van der Waals surface area (Å²) in [5.74, 6) is 2.32. The van der Waals surface area contributed by atoms with Gasteiger partial charge < -0.3 is 10.1 Å². The highest BCUT2D eigenvalue weighted by atomic mass is 79.9. The van der Waals surface area contributed by atoms with Gasteiger partial charge in [-0.15, -0.1) is 0 Å². The average Bonchev–Trinajstić information content (AvgIpc) is 2.47. The van der Waals surface area contributed by atoms with E-state index in [4.69, 9.17) is 4.74 Å². The van der Waals surface area contributed by atoms with Gasteiger partial charge in [-0.25, -0.2) is 0 Å². The molecule has 1 saturated heterocycles. The maximum Gasteiger partial charge on any atom is 0.240 e. The number of hydrogen-bond acceptors (Lipinski definition) is 3. The third-order valence-electron chi connectivity index (χ3n) is 4.27. The van der Waals surface area contributed by atoms with Gasteiger partial charge in [0, 0.05) is 25.3 Å². The summed E-state index contributed by atoms with van der Waals surface area (Å²) < 4.78 is 5.26. The Labute approximate surface area is 154 Å². The van der Waals surface area contributed by atoms with Crippen LogP contribution in [0.1, 0.15) is 34.1 Å². The number of anilines is 1. The molecule has 1 aromatic rings. The fraction of sp³-hybridized carbons (Fsp3) is 0.632. The molecule has 1 aromatic carbocycles. The molecule has 5 heteroatoms. The molecular weight excluding hydrogens is 368 g/mol. The Morgan fingerprint density at radius 3 is 2.38 bits per heavy atom. The van der Waals surface area contributed by atoms with Crippen molar-refractivity contribution >= 4 is 27.5 Å². The van der Waals surface area contributed by atoms with Crippen LogP contribution >= 0.6 is 15.9 Å². The first-order chi connectivity index (χ1) is 11.2. The number of carbonyl (C=O) groups excluding carboxylic acids is 1. The molecule has 1 aliphatic rings. The monoisotopic (exact) mass is 396 g/mol. The molecule has 0 unspecified atom stereocenters. The molecule has 0 bridgehead atoms. The van der Waals surface area contributed by atoms with E-state index in [0.717, 1.165) is 29.8 Å². The number of rotatable bonds is 6. The van der Waals surface area contributed by atoms with Crippen molar-refractivity contribution in [2.75, 3.05) is 31.6 Å². The number of benzene rings is 1. The minimum Gasteiger partial charge on any atom is -0.492 e. The molecule has 0 aromatic heterocycles. The van der Waals surface area contributed by atoms with Crippen molar-refractivity contribution in [2.45, 2.75) is 38.4 Å². The Bertz CT molecular complexity index is 529. The van der Waals surface area contributed by atoms with E-state index in [1.165, 1.54) is 19.5 Å². The normalized spacial score (nSPS) is 22.2. The maximum absolute atomic E-state index is 11.9. The van der Waals surface area contributed by atoms with Crippen LogP contribution in [0, 0.1) is 11.8 Å². The van der Waals surface area contributed by atoms with Crippen molar-refractivity contribution in [3.05, 3.63) is 24.3 Å². The lowest BCUT2D eigenvalue weighted by Gasteiger charge is -2.34. The smallest absolute Gasteiger partial charge is 0.240 e. The lowest BCUT2D eigenvalue weighted by molar-refractivity contribution is -0.117. The second kappa shape index (κ2) is 8.34. The van der Waals surface area contributed by atoms with Gasteiger partial charge in [0.15, 0.2) is 0 Å². The van der Waals surface area contributed by atoms with Crippen LogP contribution in [0.3, 0.4) is 0 Å². The van der Waals surface area contributed by atoms with Crippen LogP contribution in [0.25, 0.3) is 0 Å². The Hall–Kier alpha value is -1.07. The highest BCUT2D eigenvalue weighted by Gasteiger charge is 2.23. The number of ether oxygens (including phenoxy) is 1. The van der Waals surface area contributed by atoms with Gasteiger partial charge in [0.2, 0.25) is 5.91 Å². The predicted octanol–water partition coefficient (Wildman–Crippen LogP) is 4.16. The lowest BCUT2D eigenvalue weighted by Crippen LogP contribution is -2.40. The molecule has 0 radical (unpaired) electrons. The third kappa shape index (κ3) is 6.10. The number of nitrogens with zero attached hydrogens (tertiary/aromatic N) is 1. The van der Waals surface area contributed by atoms with E-state index in [1.807, 2.05) is 38.1 Å². The summed E-state index contributed by atoms with van der Waals surface area (Å²) in [4.78, 5) is 14.4. The highest BCUT2D eigenvalue weighted by Crippen LogP contribution is 2.22. The summed E-state index contributed by atoms with van der Waals surface area (Å²) in [5, 5.41) is 2.88. The van der Waals surface area contributed by atoms with Crippen molar-refractivity contribution < 1.29 is 9.53 Å². The highest BCUT2D eigenvalue weighted by molar-refractivity contribution is 9.10. The number of nitrogens with one attached hydrogen (secondary N) is 1. The Morgan fingerprint density at radius 2 is 1.83 bits per heavy atom. The summed E-state index contributed by atoms with van der Waals surface area (Å²) in [6.45, 7) is 12.3. The second-order valence-electron chi connectivity index (χ2n) is 7.51. The van der Waals surface area contributed by atoms with E-state index < -0.39 is 4.32 Å². The molecule has 1 N–H and O–H groups in total. The van der Waals surface area contributed by atoms with Crippen LogP contribution in [0.5, 0.6) is 5.75 Å². The molecule has 0 saturated carbocycles. The first kappa shape index (κ1) is 19.3. The van der Waals surface area contributed by atoms with E-state index in [1.54, 1.807) is 0 Å². The zero-order valence-corrected chi connectivity index (χ0v) is 16.7. The zero-order valence-electron chi connectivity index (χ0n) is 15.1. The predicted molar refractivity (Wildman–Crippen MR) is 103 cm³/mol. The molecule has 0 spiro atoms. The fourth-order valence-electron chi connectivity index (χ4n) is 3.18. The van der Waals surface area contributed by atoms with Crippen molar-refractivity contribution in [3.8, 4) is 5.75 Å². The van der Waals surface area contributed by atoms with Crippen LogP contribution in [0.4, 0.5) is 5.69 Å². The van der Waals surface area contributed by atoms with Crippen molar-refractivity contribution in [3.63, 3.8) is 0 Å².